The molecule has 0 aromatic carbocycles. The van der Waals surface area contributed by atoms with Gasteiger partial charge in [-0.3, -0.25) is 4.57 Å². The van der Waals surface area contributed by atoms with Gasteiger partial charge in [0.1, 0.15) is 11.8 Å². The van der Waals surface area contributed by atoms with Gasteiger partial charge in [0.15, 0.2) is 29.8 Å². The summed E-state index contributed by atoms with van der Waals surface area (Å²) in [4.78, 5) is 32.7. The van der Waals surface area contributed by atoms with E-state index in [0.29, 0.717) is 0 Å². The third-order valence-electron chi connectivity index (χ3n) is 2.83. The minimum absolute atomic E-state index is 0. The molecule has 1 aliphatic rings. The second-order valence-corrected chi connectivity index (χ2v) is 5.88. The molecule has 2 aromatic heterocycles. The first-order valence-electron chi connectivity index (χ1n) is 5.93. The van der Waals surface area contributed by atoms with Crippen LogP contribution in [0.1, 0.15) is 6.23 Å². The number of nitrogens with two attached hydrogens (primary N) is 1. The highest BCUT2D eigenvalue weighted by atomic mass is 31.2. The maximum atomic E-state index is 14.0. The number of nitrogen functional groups attached to an aromatic ring is 1. The van der Waals surface area contributed by atoms with Crippen molar-refractivity contribution in [3.05, 3.63) is 24.6 Å². The van der Waals surface area contributed by atoms with Crippen molar-refractivity contribution in [1.82, 2.24) is 31.8 Å². The molecule has 2 aromatic rings. The molecule has 3 rings (SSSR count). The first kappa shape index (κ1) is 20.1. The van der Waals surface area contributed by atoms with Gasteiger partial charge in [-0.05, 0) is 7.60 Å². The number of halogens is 1. The van der Waals surface area contributed by atoms with E-state index in [1.807, 2.05) is 0 Å². The van der Waals surface area contributed by atoms with Crippen LogP contribution in [0.5, 0.6) is 0 Å². The quantitative estimate of drug-likeness (QED) is 0.606. The van der Waals surface area contributed by atoms with Crippen LogP contribution in [0.3, 0.4) is 0 Å². The van der Waals surface area contributed by atoms with Gasteiger partial charge in [0.2, 0.25) is 0 Å². The second kappa shape index (κ2) is 7.27. The van der Waals surface area contributed by atoms with Crippen molar-refractivity contribution in [3.8, 4) is 0 Å². The van der Waals surface area contributed by atoms with Gasteiger partial charge in [-0.1, -0.05) is 0 Å². The first-order valence-corrected chi connectivity index (χ1v) is 7.66. The number of nitrogens with zero attached hydrogens (tertiary/aromatic N) is 4. The number of hydrogen-bond donors (Lipinski definition) is 3. The normalized spacial score (nSPS) is 20.4. The van der Waals surface area contributed by atoms with Crippen LogP contribution in [-0.2, 0) is 14.0 Å². The summed E-state index contributed by atoms with van der Waals surface area (Å²) in [5, 5.41) is 0. The highest BCUT2D eigenvalue weighted by molar-refractivity contribution is 7.48. The van der Waals surface area contributed by atoms with Gasteiger partial charge in [0.25, 0.3) is 0 Å². The molecule has 0 amide bonds. The second-order valence-electron chi connectivity index (χ2n) is 4.40. The lowest BCUT2D eigenvalue weighted by atomic mass is 10.4. The lowest BCUT2D eigenvalue weighted by Crippen LogP contribution is -2.23. The summed E-state index contributed by atoms with van der Waals surface area (Å²) >= 11 is 0. The lowest BCUT2D eigenvalue weighted by molar-refractivity contribution is -0.320. The van der Waals surface area contributed by atoms with E-state index in [2.05, 4.69) is 19.7 Å². The zero-order valence-electron chi connectivity index (χ0n) is 12.8. The van der Waals surface area contributed by atoms with Crippen LogP contribution in [0.4, 0.5) is 10.2 Å². The monoisotopic (exact) mass is 365 g/mol. The van der Waals surface area contributed by atoms with Gasteiger partial charge in [0.05, 0.1) is 12.7 Å². The van der Waals surface area contributed by atoms with Crippen LogP contribution in [0.15, 0.2) is 24.6 Å². The van der Waals surface area contributed by atoms with Gasteiger partial charge in [-0.2, -0.15) is 0 Å². The number of anilines is 1. The molecule has 10 N–H and O–H groups in total. The Bertz CT molecular complexity index is 793. The van der Waals surface area contributed by atoms with Crippen molar-refractivity contribution in [2.45, 2.75) is 12.5 Å². The predicted octanol–water partition coefficient (Wildman–Crippen LogP) is -0.243. The minimum Gasteiger partial charge on any atom is -0.809 e. The molecule has 0 saturated carbocycles. The van der Waals surface area contributed by atoms with E-state index >= 15 is 0 Å². The van der Waals surface area contributed by atoms with Gasteiger partial charge in [0, 0.05) is 6.08 Å². The van der Waals surface area contributed by atoms with Crippen LogP contribution in [-0.4, -0.2) is 32.2 Å². The van der Waals surface area contributed by atoms with Gasteiger partial charge < -0.3 is 41.9 Å². The third-order valence-corrected chi connectivity index (χ3v) is 3.30. The summed E-state index contributed by atoms with van der Waals surface area (Å²) in [6.07, 6.45) is -0.307. The third kappa shape index (κ3) is 3.91. The highest BCUT2D eigenvalue weighted by Crippen LogP contribution is 2.34. The van der Waals surface area contributed by atoms with E-state index in [4.69, 9.17) is 10.5 Å². The first-order chi connectivity index (χ1) is 10.3. The van der Waals surface area contributed by atoms with Gasteiger partial charge in [-0.25, -0.2) is 19.3 Å². The van der Waals surface area contributed by atoms with Crippen LogP contribution >= 0.6 is 7.60 Å². The zero-order chi connectivity index (χ0) is 15.9. The average Bonchev–Trinajstić information content (AvgIpc) is 3.00. The van der Waals surface area contributed by atoms with Crippen LogP contribution in [0.2, 0.25) is 0 Å². The molecule has 24 heavy (non-hydrogen) atoms. The molecule has 0 saturated heterocycles. The molecular formula is C10H17FN7O5P. The molecule has 0 spiro atoms. The fraction of sp³-hybridized carbons (Fsp3) is 0.300. The molecule has 0 radical (unpaired) electrons. The topological polar surface area (TPSA) is 224 Å². The SMILES string of the molecule is Nc1ncnc2c1ncn2[C@@H]1O[C@H](OCP(=O)([O-])[O-])C=C1F.[NH4+].[NH4+]. The molecule has 3 heterocycles. The number of aromatic nitrogens is 4. The lowest BCUT2D eigenvalue weighted by Gasteiger charge is -2.29. The number of imidazole rings is 1. The number of fused-ring (bicyclic) bond motifs is 1. The Balaban J connectivity index is 0.00000144. The van der Waals surface area contributed by atoms with Crippen LogP contribution in [0.25, 0.3) is 11.2 Å². The Hall–Kier alpha value is -1.99. The Morgan fingerprint density at radius 3 is 2.75 bits per heavy atom. The summed E-state index contributed by atoms with van der Waals surface area (Å²) in [5.74, 6) is -0.620. The largest absolute Gasteiger partial charge is 0.809 e. The number of ether oxygens (including phenoxy) is 2. The number of hydrogen-bond acceptors (Lipinski definition) is 9. The fourth-order valence-corrected chi connectivity index (χ4v) is 2.27. The molecule has 134 valence electrons. The number of quaternary nitrogens is 2. The molecule has 14 heteroatoms. The van der Waals surface area contributed by atoms with E-state index in [1.54, 1.807) is 0 Å². The van der Waals surface area contributed by atoms with Crippen molar-refractivity contribution in [3.63, 3.8) is 0 Å². The maximum absolute atomic E-state index is 14.0. The standard InChI is InChI=1S/C10H11FN5O5P.2H3N/c11-5-1-6(20-4-22(17,18)19)21-10(5)16-3-15-7-8(12)13-2-14-9(7)16;;/h1-3,6,10H,4H2,(H2,12,13,14)(H2,17,18,19);2*1H3/t6-,10+;;/m0../s1. The fourth-order valence-electron chi connectivity index (χ4n) is 1.94. The van der Waals surface area contributed by atoms with E-state index in [-0.39, 0.29) is 29.3 Å². The molecule has 0 unspecified atom stereocenters. The van der Waals surface area contributed by atoms with Gasteiger partial charge >= 0.3 is 0 Å². The molecule has 1 aliphatic heterocycles. The zero-order valence-corrected chi connectivity index (χ0v) is 13.7. The van der Waals surface area contributed by atoms with E-state index in [0.717, 1.165) is 6.08 Å². The Morgan fingerprint density at radius 2 is 2.08 bits per heavy atom. The van der Waals surface area contributed by atoms with Crippen molar-refractivity contribution in [2.24, 2.45) is 0 Å². The summed E-state index contributed by atoms with van der Waals surface area (Å²) < 4.78 is 35.6. The molecule has 0 bridgehead atoms. The van der Waals surface area contributed by atoms with E-state index in [1.165, 1.54) is 17.2 Å². The van der Waals surface area contributed by atoms with Crippen molar-refractivity contribution in [2.75, 3.05) is 12.1 Å². The minimum atomic E-state index is -4.87. The molecular weight excluding hydrogens is 348 g/mol. The van der Waals surface area contributed by atoms with Crippen molar-refractivity contribution in [1.29, 1.82) is 0 Å². The molecule has 12 nitrogen and oxygen atoms in total. The van der Waals surface area contributed by atoms with Crippen molar-refractivity contribution < 1.29 is 28.2 Å². The Morgan fingerprint density at radius 1 is 1.38 bits per heavy atom. The van der Waals surface area contributed by atoms with E-state index in [9.17, 15) is 18.7 Å². The van der Waals surface area contributed by atoms with Gasteiger partial charge in [-0.15, -0.1) is 0 Å². The smallest absolute Gasteiger partial charge is 0.192 e. The highest BCUT2D eigenvalue weighted by Gasteiger charge is 2.31. The average molecular weight is 365 g/mol. The Labute approximate surface area is 134 Å². The summed E-state index contributed by atoms with van der Waals surface area (Å²) in [6, 6.07) is 0. The van der Waals surface area contributed by atoms with Crippen LogP contribution in [0, 0.1) is 0 Å². The van der Waals surface area contributed by atoms with Crippen LogP contribution < -0.4 is 27.8 Å². The summed E-state index contributed by atoms with van der Waals surface area (Å²) in [5.41, 5.74) is 6.13. The molecule has 0 aliphatic carbocycles. The summed E-state index contributed by atoms with van der Waals surface area (Å²) in [6.45, 7) is 0. The molecule has 0 fully saturated rings. The summed E-state index contributed by atoms with van der Waals surface area (Å²) in [7, 11) is -4.87. The predicted molar refractivity (Wildman–Crippen MR) is 78.4 cm³/mol. The Kier molecular flexibility index (Phi) is 6.08. The maximum Gasteiger partial charge on any atom is 0.192 e. The van der Waals surface area contributed by atoms with Crippen molar-refractivity contribution >= 4 is 24.6 Å². The molecule has 2 atom stereocenters. The number of rotatable bonds is 4. The van der Waals surface area contributed by atoms with E-state index < -0.39 is 32.3 Å².